The molecule has 1 N–H and O–H groups in total. The van der Waals surface area contributed by atoms with Crippen LogP contribution in [0.3, 0.4) is 0 Å². The van der Waals surface area contributed by atoms with Gasteiger partial charge in [0.25, 0.3) is 0 Å². The molecule has 0 amide bonds. The first-order valence-corrected chi connectivity index (χ1v) is 16.0. The number of hydrogen-bond donors (Lipinski definition) is 1. The van der Waals surface area contributed by atoms with Crippen molar-refractivity contribution >= 4 is 23.0 Å². The van der Waals surface area contributed by atoms with Gasteiger partial charge < -0.3 is 19.5 Å². The highest BCUT2D eigenvalue weighted by molar-refractivity contribution is 7.09. The van der Waals surface area contributed by atoms with Crippen molar-refractivity contribution in [2.24, 2.45) is 5.16 Å². The first kappa shape index (κ1) is 32.0. The molecule has 0 unspecified atom stereocenters. The molecule has 48 heavy (non-hydrogen) atoms. The Morgan fingerprint density at radius 1 is 0.812 bits per heavy atom. The first-order valence-electron chi connectivity index (χ1n) is 15.1. The lowest BCUT2D eigenvalue weighted by Crippen LogP contribution is -2.26. The van der Waals surface area contributed by atoms with Gasteiger partial charge in [0.05, 0.1) is 11.2 Å². The third-order valence-corrected chi connectivity index (χ3v) is 8.14. The number of carboxylic acids is 1. The van der Waals surface area contributed by atoms with E-state index in [1.54, 1.807) is 12.3 Å². The minimum Gasteiger partial charge on any atom is -0.476 e. The summed E-state index contributed by atoms with van der Waals surface area (Å²) in [4.78, 5) is 42.0. The van der Waals surface area contributed by atoms with Crippen LogP contribution in [0.25, 0.3) is 0 Å². The lowest BCUT2D eigenvalue weighted by molar-refractivity contribution is -0.129. The summed E-state index contributed by atoms with van der Waals surface area (Å²) in [7, 11) is 0. The molecule has 2 aromatic heterocycles. The van der Waals surface area contributed by atoms with Gasteiger partial charge in [0, 0.05) is 11.4 Å². The molecule has 0 aliphatic rings. The van der Waals surface area contributed by atoms with E-state index in [4.69, 9.17) is 14.4 Å². The maximum Gasteiger partial charge on any atom is 0.360 e. The number of thiazole rings is 1. The number of aliphatic carboxylic acids is 1. The molecule has 6 rings (SSSR count). The van der Waals surface area contributed by atoms with Crippen LogP contribution in [0.4, 0.5) is 0 Å². The van der Waals surface area contributed by atoms with Crippen molar-refractivity contribution in [2.45, 2.75) is 25.7 Å². The molecule has 0 spiro atoms. The normalized spacial score (nSPS) is 11.4. The van der Waals surface area contributed by atoms with Crippen molar-refractivity contribution in [3.63, 3.8) is 0 Å². The van der Waals surface area contributed by atoms with Gasteiger partial charge in [-0.2, -0.15) is 4.73 Å². The smallest absolute Gasteiger partial charge is 0.360 e. The summed E-state index contributed by atoms with van der Waals surface area (Å²) in [6, 6.07) is 40.0. The average Bonchev–Trinajstić information content (AvgIpc) is 3.55. The Balaban J connectivity index is 1.41. The number of nitrogens with zero attached hydrogens (tertiary/aromatic N) is 3. The molecule has 0 bridgehead atoms. The second-order valence-corrected chi connectivity index (χ2v) is 11.8. The van der Waals surface area contributed by atoms with Gasteiger partial charge in [0.2, 0.25) is 11.1 Å². The predicted molar refractivity (Wildman–Crippen MR) is 183 cm³/mol. The lowest BCUT2D eigenvalue weighted by atomic mass is 10.0. The molecular weight excluding hydrogens is 627 g/mol. The van der Waals surface area contributed by atoms with Gasteiger partial charge in [-0.25, -0.2) is 9.78 Å². The fraction of sp³-hybridized carbons (Fsp3) is 0.105. The van der Waals surface area contributed by atoms with Crippen LogP contribution in [0, 0.1) is 6.92 Å². The molecule has 10 heteroatoms. The largest absolute Gasteiger partial charge is 0.476 e. The Kier molecular flexibility index (Phi) is 10.0. The summed E-state index contributed by atoms with van der Waals surface area (Å²) in [5.41, 5.74) is 3.16. The zero-order chi connectivity index (χ0) is 33.3. The van der Waals surface area contributed by atoms with E-state index in [9.17, 15) is 14.7 Å². The van der Waals surface area contributed by atoms with Gasteiger partial charge in [-0.15, -0.1) is 11.3 Å². The van der Waals surface area contributed by atoms with E-state index in [0.29, 0.717) is 5.01 Å². The van der Waals surface area contributed by atoms with Gasteiger partial charge >= 0.3 is 5.97 Å². The molecular formula is C38H31N3O6S. The summed E-state index contributed by atoms with van der Waals surface area (Å²) in [5, 5.41) is 15.9. The van der Waals surface area contributed by atoms with Crippen molar-refractivity contribution in [1.82, 2.24) is 9.71 Å². The van der Waals surface area contributed by atoms with Gasteiger partial charge in [-0.1, -0.05) is 126 Å². The molecule has 0 aliphatic carbocycles. The maximum absolute atomic E-state index is 13.7. The van der Waals surface area contributed by atoms with Crippen LogP contribution in [0.2, 0.25) is 0 Å². The van der Waals surface area contributed by atoms with Gasteiger partial charge in [-0.3, -0.25) is 4.79 Å². The fourth-order valence-electron chi connectivity index (χ4n) is 5.06. The number of ether oxygens (including phenoxy) is 1. The summed E-state index contributed by atoms with van der Waals surface area (Å²) < 4.78 is 7.90. The van der Waals surface area contributed by atoms with Crippen molar-refractivity contribution in [2.75, 3.05) is 0 Å². The highest BCUT2D eigenvalue weighted by atomic mass is 32.1. The number of benzene rings is 4. The number of rotatable bonds is 13. The van der Waals surface area contributed by atoms with Gasteiger partial charge in [-0.05, 0) is 29.2 Å². The molecule has 0 radical (unpaired) electrons. The molecule has 2 heterocycles. The fourth-order valence-corrected chi connectivity index (χ4v) is 5.65. The third kappa shape index (κ3) is 7.68. The molecule has 0 aliphatic heterocycles. The summed E-state index contributed by atoms with van der Waals surface area (Å²) in [5.74, 6) is -1.25. The van der Waals surface area contributed by atoms with Crippen molar-refractivity contribution in [1.29, 1.82) is 0 Å². The van der Waals surface area contributed by atoms with E-state index >= 15 is 0 Å². The minimum atomic E-state index is -1.29. The summed E-state index contributed by atoms with van der Waals surface area (Å²) in [6.45, 7) is 1.48. The number of carbonyl (C=O) groups is 1. The average molecular weight is 658 g/mol. The van der Waals surface area contributed by atoms with Crippen LogP contribution in [0.1, 0.15) is 50.9 Å². The predicted octanol–water partition coefficient (Wildman–Crippen LogP) is 7.01. The van der Waals surface area contributed by atoms with Crippen molar-refractivity contribution in [3.8, 4) is 5.75 Å². The standard InChI is InChI=1S/C38H31N3O6S/c1-26-39-32(25-48-26)35(38(43)44)40-45-24-31-22-33(42)34(46-36(27-14-6-2-7-15-27)28-16-8-3-9-17-28)23-41(31)47-37(29-18-10-4-11-19-29)30-20-12-5-13-21-30/h2-23,25,36-37H,24H2,1H3,(H,43,44)/b40-35-. The molecule has 9 nitrogen and oxygen atoms in total. The Morgan fingerprint density at radius 3 is 1.77 bits per heavy atom. The SMILES string of the molecule is Cc1nc(/C(=N/OCc2cc(=O)c(OC(c3ccccc3)c3ccccc3)cn2OC(c2ccccc2)c2ccccc2)C(=O)O)cs1. The molecule has 240 valence electrons. The van der Waals surface area contributed by atoms with Crippen LogP contribution >= 0.6 is 11.3 Å². The van der Waals surface area contributed by atoms with Crippen LogP contribution in [0.15, 0.2) is 149 Å². The van der Waals surface area contributed by atoms with Crippen molar-refractivity contribution < 1.29 is 24.3 Å². The zero-order valence-electron chi connectivity index (χ0n) is 25.9. The molecule has 4 aromatic carbocycles. The minimum absolute atomic E-state index is 0.0454. The number of oxime groups is 1. The van der Waals surface area contributed by atoms with Crippen LogP contribution in [-0.2, 0) is 16.2 Å². The summed E-state index contributed by atoms with van der Waals surface area (Å²) >= 11 is 1.30. The van der Waals surface area contributed by atoms with E-state index in [1.165, 1.54) is 28.3 Å². The molecule has 0 saturated carbocycles. The topological polar surface area (TPSA) is 112 Å². The van der Waals surface area contributed by atoms with Crippen LogP contribution < -0.4 is 15.0 Å². The first-order chi connectivity index (χ1) is 23.5. The quantitative estimate of drug-likeness (QED) is 0.105. The van der Waals surface area contributed by atoms with Crippen molar-refractivity contribution in [3.05, 3.63) is 188 Å². The lowest BCUT2D eigenvalue weighted by Gasteiger charge is -2.25. The van der Waals surface area contributed by atoms with E-state index in [0.717, 1.165) is 22.3 Å². The van der Waals surface area contributed by atoms with E-state index in [-0.39, 0.29) is 29.5 Å². The number of aromatic nitrogens is 2. The number of aryl methyl sites for hydroxylation is 1. The van der Waals surface area contributed by atoms with E-state index in [2.05, 4.69) is 10.1 Å². The Labute approximate surface area is 280 Å². The summed E-state index contributed by atoms with van der Waals surface area (Å²) in [6.07, 6.45) is 0.320. The van der Waals surface area contributed by atoms with Crippen LogP contribution in [-0.4, -0.2) is 26.5 Å². The number of carboxylic acid groups (broad SMARTS) is 1. The number of hydrogen-bond acceptors (Lipinski definition) is 8. The third-order valence-electron chi connectivity index (χ3n) is 7.36. The van der Waals surface area contributed by atoms with E-state index in [1.807, 2.05) is 121 Å². The monoisotopic (exact) mass is 657 g/mol. The van der Waals surface area contributed by atoms with Gasteiger partial charge in [0.1, 0.15) is 17.5 Å². The highest BCUT2D eigenvalue weighted by Crippen LogP contribution is 2.29. The Hall–Kier alpha value is -6.00. The Morgan fingerprint density at radius 2 is 1.31 bits per heavy atom. The Bertz CT molecular complexity index is 1970. The molecule has 0 saturated heterocycles. The molecule has 0 atom stereocenters. The van der Waals surface area contributed by atoms with E-state index < -0.39 is 23.6 Å². The molecule has 6 aromatic rings. The van der Waals surface area contributed by atoms with Gasteiger partial charge in [0.15, 0.2) is 18.5 Å². The van der Waals surface area contributed by atoms with Crippen LogP contribution in [0.5, 0.6) is 5.75 Å². The second-order valence-electron chi connectivity index (χ2n) is 10.7. The zero-order valence-corrected chi connectivity index (χ0v) is 26.7. The molecule has 0 fully saturated rings. The highest BCUT2D eigenvalue weighted by Gasteiger charge is 2.23. The number of pyridine rings is 1. The second kappa shape index (κ2) is 15.1. The maximum atomic E-state index is 13.7.